The molecule has 1 aliphatic heterocycles. The smallest absolute Gasteiger partial charge is 0.0628 e. The third kappa shape index (κ3) is 3.90. The van der Waals surface area contributed by atoms with Crippen LogP contribution in [0.15, 0.2) is 42.0 Å². The van der Waals surface area contributed by atoms with Crippen molar-refractivity contribution in [2.45, 2.75) is 57.0 Å². The largest absolute Gasteiger partial charge is 0.396 e. The zero-order chi connectivity index (χ0) is 16.8. The minimum absolute atomic E-state index is 0.121. The average Bonchev–Trinajstić information content (AvgIpc) is 2.64. The first-order valence-electron chi connectivity index (χ1n) is 9.56. The highest BCUT2D eigenvalue weighted by Gasteiger charge is 2.38. The SMILES string of the molecule is OCCCCC1=CCC[C@@H]2[C@H]1CCCN2[C@@H](CO)c1ccccc1. The highest BCUT2D eigenvalue weighted by Crippen LogP contribution is 2.41. The number of likely N-dealkylation sites (tertiary alicyclic amines) is 1. The van der Waals surface area contributed by atoms with Gasteiger partial charge < -0.3 is 10.2 Å². The van der Waals surface area contributed by atoms with Gasteiger partial charge in [-0.2, -0.15) is 0 Å². The molecule has 24 heavy (non-hydrogen) atoms. The Hall–Kier alpha value is -1.16. The van der Waals surface area contributed by atoms with E-state index >= 15 is 0 Å². The van der Waals surface area contributed by atoms with Crippen LogP contribution in [0.4, 0.5) is 0 Å². The number of hydrogen-bond acceptors (Lipinski definition) is 3. The molecule has 1 aromatic rings. The van der Waals surface area contributed by atoms with E-state index in [0.29, 0.717) is 18.6 Å². The first-order valence-corrected chi connectivity index (χ1v) is 9.56. The molecule has 0 radical (unpaired) electrons. The molecule has 0 unspecified atom stereocenters. The highest BCUT2D eigenvalue weighted by molar-refractivity contribution is 5.22. The quantitative estimate of drug-likeness (QED) is 0.592. The Bertz CT molecular complexity index is 528. The second-order valence-electron chi connectivity index (χ2n) is 7.20. The molecular formula is C21H31NO2. The van der Waals surface area contributed by atoms with E-state index in [1.165, 1.54) is 24.8 Å². The van der Waals surface area contributed by atoms with Gasteiger partial charge in [-0.3, -0.25) is 4.90 Å². The van der Waals surface area contributed by atoms with Gasteiger partial charge in [-0.25, -0.2) is 0 Å². The van der Waals surface area contributed by atoms with Crippen LogP contribution in [0.3, 0.4) is 0 Å². The molecule has 3 heteroatoms. The Labute approximate surface area is 146 Å². The first-order chi connectivity index (χ1) is 11.8. The normalized spacial score (nSPS) is 25.8. The van der Waals surface area contributed by atoms with Gasteiger partial charge in [0.2, 0.25) is 0 Å². The molecule has 0 aromatic heterocycles. The maximum atomic E-state index is 10.1. The molecule has 1 aliphatic carbocycles. The maximum Gasteiger partial charge on any atom is 0.0628 e. The second-order valence-corrected chi connectivity index (χ2v) is 7.20. The van der Waals surface area contributed by atoms with Gasteiger partial charge >= 0.3 is 0 Å². The first kappa shape index (κ1) is 17.7. The lowest BCUT2D eigenvalue weighted by Crippen LogP contribution is -2.49. The number of allylic oxidation sites excluding steroid dienone is 1. The topological polar surface area (TPSA) is 43.7 Å². The number of fused-ring (bicyclic) bond motifs is 1. The molecule has 0 bridgehead atoms. The molecule has 1 heterocycles. The van der Waals surface area contributed by atoms with Crippen LogP contribution in [-0.4, -0.2) is 40.9 Å². The summed E-state index contributed by atoms with van der Waals surface area (Å²) in [5, 5.41) is 19.1. The maximum absolute atomic E-state index is 10.1. The predicted molar refractivity (Wildman–Crippen MR) is 97.7 cm³/mol. The van der Waals surface area contributed by atoms with Crippen LogP contribution in [0.2, 0.25) is 0 Å². The molecule has 1 saturated heterocycles. The molecule has 0 amide bonds. The Balaban J connectivity index is 1.75. The second kappa shape index (κ2) is 8.80. The number of benzene rings is 1. The van der Waals surface area contributed by atoms with Crippen molar-refractivity contribution < 1.29 is 10.2 Å². The van der Waals surface area contributed by atoms with Gasteiger partial charge in [-0.05, 0) is 63.0 Å². The van der Waals surface area contributed by atoms with Crippen LogP contribution in [0.1, 0.15) is 56.6 Å². The molecule has 2 N–H and O–H groups in total. The van der Waals surface area contributed by atoms with Gasteiger partial charge in [0.25, 0.3) is 0 Å². The van der Waals surface area contributed by atoms with E-state index in [9.17, 15) is 5.11 Å². The summed E-state index contributed by atoms with van der Waals surface area (Å²) in [5.41, 5.74) is 2.84. The molecule has 2 aliphatic rings. The van der Waals surface area contributed by atoms with Crippen molar-refractivity contribution >= 4 is 0 Å². The van der Waals surface area contributed by atoms with E-state index < -0.39 is 0 Å². The summed E-state index contributed by atoms with van der Waals surface area (Å²) in [4.78, 5) is 2.57. The van der Waals surface area contributed by atoms with E-state index in [2.05, 4.69) is 35.2 Å². The lowest BCUT2D eigenvalue weighted by atomic mass is 9.75. The van der Waals surface area contributed by atoms with E-state index in [0.717, 1.165) is 32.2 Å². The highest BCUT2D eigenvalue weighted by atomic mass is 16.3. The average molecular weight is 329 g/mol. The van der Waals surface area contributed by atoms with Crippen LogP contribution < -0.4 is 0 Å². The lowest BCUT2D eigenvalue weighted by molar-refractivity contribution is 0.0254. The van der Waals surface area contributed by atoms with Gasteiger partial charge in [-0.15, -0.1) is 0 Å². The molecule has 3 atom stereocenters. The summed E-state index contributed by atoms with van der Waals surface area (Å²) in [6.07, 6.45) is 10.4. The minimum atomic E-state index is 0.121. The van der Waals surface area contributed by atoms with Gasteiger partial charge in [-0.1, -0.05) is 42.0 Å². The van der Waals surface area contributed by atoms with Crippen LogP contribution in [0.25, 0.3) is 0 Å². The Morgan fingerprint density at radius 2 is 1.92 bits per heavy atom. The molecule has 132 valence electrons. The number of unbranched alkanes of at least 4 members (excludes halogenated alkanes) is 1. The Morgan fingerprint density at radius 3 is 2.67 bits per heavy atom. The zero-order valence-corrected chi connectivity index (χ0v) is 14.6. The number of piperidine rings is 1. The van der Waals surface area contributed by atoms with Crippen LogP contribution in [0, 0.1) is 5.92 Å². The number of nitrogens with zero attached hydrogens (tertiary/aromatic N) is 1. The monoisotopic (exact) mass is 329 g/mol. The van der Waals surface area contributed by atoms with Gasteiger partial charge in [0, 0.05) is 12.6 Å². The number of rotatable bonds is 7. The van der Waals surface area contributed by atoms with Crippen molar-refractivity contribution in [1.82, 2.24) is 4.90 Å². The summed E-state index contributed by atoms with van der Waals surface area (Å²) in [6.45, 7) is 1.58. The summed E-state index contributed by atoms with van der Waals surface area (Å²) < 4.78 is 0. The van der Waals surface area contributed by atoms with Crippen molar-refractivity contribution in [3.05, 3.63) is 47.5 Å². The van der Waals surface area contributed by atoms with Crippen LogP contribution in [-0.2, 0) is 0 Å². The van der Waals surface area contributed by atoms with Crippen molar-refractivity contribution in [1.29, 1.82) is 0 Å². The van der Waals surface area contributed by atoms with Crippen molar-refractivity contribution in [3.8, 4) is 0 Å². The fourth-order valence-electron chi connectivity index (χ4n) is 4.67. The summed E-state index contributed by atoms with van der Waals surface area (Å²) in [5.74, 6) is 0.643. The minimum Gasteiger partial charge on any atom is -0.396 e. The third-order valence-electron chi connectivity index (χ3n) is 5.80. The summed E-state index contributed by atoms with van der Waals surface area (Å²) in [6, 6.07) is 11.2. The van der Waals surface area contributed by atoms with Crippen LogP contribution >= 0.6 is 0 Å². The predicted octanol–water partition coefficient (Wildman–Crippen LogP) is 3.68. The summed E-state index contributed by atoms with van der Waals surface area (Å²) in [7, 11) is 0. The fourth-order valence-corrected chi connectivity index (χ4v) is 4.67. The Kier molecular flexibility index (Phi) is 6.47. The number of aliphatic hydroxyl groups is 2. The van der Waals surface area contributed by atoms with E-state index in [1.807, 2.05) is 6.07 Å². The standard InChI is InChI=1S/C21H31NO2/c23-15-5-4-8-17-11-6-13-20-19(17)12-7-14-22(20)21(16-24)18-9-2-1-3-10-18/h1-3,9-11,19-21,23-24H,4-8,12-16H2/t19-,20+,21-/m0/s1. The molecule has 1 aromatic carbocycles. The number of aliphatic hydroxyl groups excluding tert-OH is 2. The zero-order valence-electron chi connectivity index (χ0n) is 14.6. The molecule has 0 saturated carbocycles. The van der Waals surface area contributed by atoms with Gasteiger partial charge in [0.15, 0.2) is 0 Å². The van der Waals surface area contributed by atoms with Gasteiger partial charge in [0.1, 0.15) is 0 Å². The molecule has 3 nitrogen and oxygen atoms in total. The summed E-state index contributed by atoms with van der Waals surface area (Å²) >= 11 is 0. The fraction of sp³-hybridized carbons (Fsp3) is 0.619. The van der Waals surface area contributed by atoms with E-state index in [-0.39, 0.29) is 12.6 Å². The van der Waals surface area contributed by atoms with Crippen molar-refractivity contribution in [3.63, 3.8) is 0 Å². The molecule has 0 spiro atoms. The van der Waals surface area contributed by atoms with Gasteiger partial charge in [0.05, 0.1) is 12.6 Å². The molecule has 3 rings (SSSR count). The molecule has 1 fully saturated rings. The third-order valence-corrected chi connectivity index (χ3v) is 5.80. The molecular weight excluding hydrogens is 298 g/mol. The number of hydrogen-bond donors (Lipinski definition) is 2. The van der Waals surface area contributed by atoms with Crippen molar-refractivity contribution in [2.75, 3.05) is 19.8 Å². The van der Waals surface area contributed by atoms with E-state index in [1.54, 1.807) is 5.57 Å². The van der Waals surface area contributed by atoms with E-state index in [4.69, 9.17) is 5.11 Å². The lowest BCUT2D eigenvalue weighted by Gasteiger charge is -2.48. The van der Waals surface area contributed by atoms with Crippen LogP contribution in [0.5, 0.6) is 0 Å². The Morgan fingerprint density at radius 1 is 1.08 bits per heavy atom. The van der Waals surface area contributed by atoms with Crippen molar-refractivity contribution in [2.24, 2.45) is 5.92 Å².